The lowest BCUT2D eigenvalue weighted by Gasteiger charge is -2.03. The van der Waals surface area contributed by atoms with Crippen molar-refractivity contribution in [3.8, 4) is 17.3 Å². The van der Waals surface area contributed by atoms with Crippen LogP contribution in [0.3, 0.4) is 0 Å². The van der Waals surface area contributed by atoms with Gasteiger partial charge in [0.25, 0.3) is 0 Å². The highest BCUT2D eigenvalue weighted by atomic mass is 16.5. The van der Waals surface area contributed by atoms with Gasteiger partial charge in [-0.3, -0.25) is 10.1 Å². The van der Waals surface area contributed by atoms with Gasteiger partial charge in [0, 0.05) is 23.9 Å². The van der Waals surface area contributed by atoms with E-state index in [1.54, 1.807) is 16.9 Å². The molecule has 1 saturated carbocycles. The van der Waals surface area contributed by atoms with Crippen molar-refractivity contribution in [3.05, 3.63) is 30.6 Å². The third-order valence-corrected chi connectivity index (χ3v) is 3.65. The number of ether oxygens (including phenoxy) is 1. The monoisotopic (exact) mass is 310 g/mol. The quantitative estimate of drug-likeness (QED) is 0.785. The second-order valence-corrected chi connectivity index (χ2v) is 5.34. The number of carbonyl (C=O) groups excluding carboxylic acids is 1. The summed E-state index contributed by atoms with van der Waals surface area (Å²) in [5, 5.41) is 7.13. The van der Waals surface area contributed by atoms with E-state index in [2.05, 4.69) is 25.4 Å². The Morgan fingerprint density at radius 3 is 2.78 bits per heavy atom. The standard InChI is InChI=1S/C15H14N6O2/c1-23-15-16-7-10(8-17-15)11-3-2-4-12-18-14(20-21(11)12)19-13(22)9-5-6-9/h2-4,7-9H,5-6H2,1H3,(H,19,20,22). The van der Waals surface area contributed by atoms with Gasteiger partial charge in [0.1, 0.15) is 0 Å². The van der Waals surface area contributed by atoms with Crippen molar-refractivity contribution in [1.29, 1.82) is 0 Å². The smallest absolute Gasteiger partial charge is 0.316 e. The molecule has 1 aliphatic carbocycles. The minimum absolute atomic E-state index is 0.0183. The van der Waals surface area contributed by atoms with E-state index >= 15 is 0 Å². The van der Waals surface area contributed by atoms with E-state index in [1.807, 2.05) is 18.2 Å². The van der Waals surface area contributed by atoms with Crippen molar-refractivity contribution in [2.75, 3.05) is 12.4 Å². The average molecular weight is 310 g/mol. The maximum atomic E-state index is 11.8. The Morgan fingerprint density at radius 1 is 1.30 bits per heavy atom. The number of nitrogens with one attached hydrogen (secondary N) is 1. The number of pyridine rings is 1. The number of rotatable bonds is 4. The maximum absolute atomic E-state index is 11.8. The molecular formula is C15H14N6O2. The molecule has 1 aliphatic rings. The first-order valence-corrected chi connectivity index (χ1v) is 7.27. The van der Waals surface area contributed by atoms with Crippen LogP contribution in [0.5, 0.6) is 6.01 Å². The van der Waals surface area contributed by atoms with E-state index in [-0.39, 0.29) is 11.8 Å². The molecule has 3 aromatic heterocycles. The highest BCUT2D eigenvalue weighted by molar-refractivity contribution is 5.92. The second kappa shape index (κ2) is 5.31. The van der Waals surface area contributed by atoms with Gasteiger partial charge in [-0.05, 0) is 25.0 Å². The topological polar surface area (TPSA) is 94.3 Å². The number of aromatic nitrogens is 5. The van der Waals surface area contributed by atoms with Crippen molar-refractivity contribution in [1.82, 2.24) is 24.6 Å². The number of fused-ring (bicyclic) bond motifs is 1. The molecular weight excluding hydrogens is 296 g/mol. The Labute approximate surface area is 131 Å². The molecule has 1 fully saturated rings. The molecule has 1 amide bonds. The Morgan fingerprint density at radius 2 is 2.09 bits per heavy atom. The van der Waals surface area contributed by atoms with Crippen LogP contribution >= 0.6 is 0 Å². The lowest BCUT2D eigenvalue weighted by atomic mass is 10.2. The fourth-order valence-electron chi connectivity index (χ4n) is 2.29. The third kappa shape index (κ3) is 2.59. The molecule has 0 unspecified atom stereocenters. The highest BCUT2D eigenvalue weighted by Gasteiger charge is 2.30. The van der Waals surface area contributed by atoms with Crippen LogP contribution in [0.2, 0.25) is 0 Å². The molecule has 8 heteroatoms. The molecule has 0 aliphatic heterocycles. The molecule has 0 saturated heterocycles. The molecule has 116 valence electrons. The molecule has 0 bridgehead atoms. The average Bonchev–Trinajstić information content (AvgIpc) is 3.35. The third-order valence-electron chi connectivity index (χ3n) is 3.65. The van der Waals surface area contributed by atoms with Crippen LogP contribution in [0.1, 0.15) is 12.8 Å². The van der Waals surface area contributed by atoms with Gasteiger partial charge in [0.05, 0.1) is 12.8 Å². The second-order valence-electron chi connectivity index (χ2n) is 5.34. The SMILES string of the molecule is COc1ncc(-c2cccc3nc(NC(=O)C4CC4)nn23)cn1. The zero-order chi connectivity index (χ0) is 15.8. The van der Waals surface area contributed by atoms with Crippen molar-refractivity contribution in [2.45, 2.75) is 12.8 Å². The van der Waals surface area contributed by atoms with Gasteiger partial charge in [-0.1, -0.05) is 6.07 Å². The summed E-state index contributed by atoms with van der Waals surface area (Å²) in [7, 11) is 1.52. The van der Waals surface area contributed by atoms with E-state index in [0.29, 0.717) is 17.6 Å². The Bertz CT molecular complexity index is 869. The Hall–Kier alpha value is -3.03. The number of carbonyl (C=O) groups is 1. The van der Waals surface area contributed by atoms with Crippen molar-refractivity contribution in [3.63, 3.8) is 0 Å². The molecule has 3 heterocycles. The van der Waals surface area contributed by atoms with Gasteiger partial charge >= 0.3 is 6.01 Å². The number of anilines is 1. The fourth-order valence-corrected chi connectivity index (χ4v) is 2.29. The summed E-state index contributed by atoms with van der Waals surface area (Å²) in [5.41, 5.74) is 2.20. The van der Waals surface area contributed by atoms with Crippen LogP contribution < -0.4 is 10.1 Å². The number of amides is 1. The van der Waals surface area contributed by atoms with Gasteiger partial charge in [-0.25, -0.2) is 14.5 Å². The van der Waals surface area contributed by atoms with Crippen molar-refractivity contribution >= 4 is 17.5 Å². The lowest BCUT2D eigenvalue weighted by Crippen LogP contribution is -2.14. The van der Waals surface area contributed by atoms with Crippen molar-refractivity contribution in [2.24, 2.45) is 5.92 Å². The molecule has 23 heavy (non-hydrogen) atoms. The molecule has 0 aromatic carbocycles. The zero-order valence-corrected chi connectivity index (χ0v) is 12.4. The van der Waals surface area contributed by atoms with E-state index in [4.69, 9.17) is 4.74 Å². The minimum Gasteiger partial charge on any atom is -0.467 e. The number of nitrogens with zero attached hydrogens (tertiary/aromatic N) is 5. The van der Waals surface area contributed by atoms with Gasteiger partial charge in [-0.2, -0.15) is 4.98 Å². The first-order valence-electron chi connectivity index (χ1n) is 7.27. The van der Waals surface area contributed by atoms with Crippen molar-refractivity contribution < 1.29 is 9.53 Å². The highest BCUT2D eigenvalue weighted by Crippen LogP contribution is 2.30. The molecule has 8 nitrogen and oxygen atoms in total. The first kappa shape index (κ1) is 13.6. The predicted octanol–water partition coefficient (Wildman–Crippen LogP) is 1.54. The number of hydrogen-bond donors (Lipinski definition) is 1. The molecule has 0 spiro atoms. The summed E-state index contributed by atoms with van der Waals surface area (Å²) in [6.45, 7) is 0. The molecule has 0 atom stereocenters. The summed E-state index contributed by atoms with van der Waals surface area (Å²) in [6, 6.07) is 5.89. The summed E-state index contributed by atoms with van der Waals surface area (Å²) < 4.78 is 6.62. The van der Waals surface area contributed by atoms with Crippen LogP contribution in [0, 0.1) is 5.92 Å². The first-order chi connectivity index (χ1) is 11.2. The Kier molecular flexibility index (Phi) is 3.14. The number of methoxy groups -OCH3 is 1. The normalized spacial score (nSPS) is 14.0. The van der Waals surface area contributed by atoms with Crippen LogP contribution in [-0.2, 0) is 4.79 Å². The van der Waals surface area contributed by atoms with Gasteiger partial charge in [0.15, 0.2) is 5.65 Å². The van der Waals surface area contributed by atoms with E-state index in [1.165, 1.54) is 7.11 Å². The van der Waals surface area contributed by atoms with Crippen LogP contribution in [-0.4, -0.2) is 37.6 Å². The van der Waals surface area contributed by atoms with E-state index in [0.717, 1.165) is 24.1 Å². The molecule has 3 aromatic rings. The Balaban J connectivity index is 1.71. The summed E-state index contributed by atoms with van der Waals surface area (Å²) >= 11 is 0. The van der Waals surface area contributed by atoms with Crippen LogP contribution in [0.15, 0.2) is 30.6 Å². The van der Waals surface area contributed by atoms with Gasteiger partial charge < -0.3 is 4.74 Å². The fraction of sp³-hybridized carbons (Fsp3) is 0.267. The largest absolute Gasteiger partial charge is 0.467 e. The molecule has 4 rings (SSSR count). The van der Waals surface area contributed by atoms with Gasteiger partial charge in [0.2, 0.25) is 11.9 Å². The lowest BCUT2D eigenvalue weighted by molar-refractivity contribution is -0.117. The molecule has 1 N–H and O–H groups in total. The van der Waals surface area contributed by atoms with E-state index in [9.17, 15) is 4.79 Å². The summed E-state index contributed by atoms with van der Waals surface area (Å²) in [5.74, 6) is 0.398. The molecule has 0 radical (unpaired) electrons. The maximum Gasteiger partial charge on any atom is 0.316 e. The van der Waals surface area contributed by atoms with Crippen LogP contribution in [0.25, 0.3) is 16.9 Å². The predicted molar refractivity (Wildman–Crippen MR) is 81.9 cm³/mol. The summed E-state index contributed by atoms with van der Waals surface area (Å²) in [6.07, 6.45) is 5.19. The van der Waals surface area contributed by atoms with E-state index < -0.39 is 0 Å². The number of hydrogen-bond acceptors (Lipinski definition) is 6. The summed E-state index contributed by atoms with van der Waals surface area (Å²) in [4.78, 5) is 24.4. The zero-order valence-electron chi connectivity index (χ0n) is 12.4. The van der Waals surface area contributed by atoms with Gasteiger partial charge in [-0.15, -0.1) is 5.10 Å². The van der Waals surface area contributed by atoms with Crippen LogP contribution in [0.4, 0.5) is 5.95 Å². The minimum atomic E-state index is -0.0183.